The Bertz CT molecular complexity index is 1820. The normalized spacial score (nSPS) is 25.2. The van der Waals surface area contributed by atoms with Gasteiger partial charge in [0.15, 0.2) is 5.82 Å². The predicted octanol–water partition coefficient (Wildman–Crippen LogP) is 7.24. The van der Waals surface area contributed by atoms with Gasteiger partial charge in [-0.2, -0.15) is 5.26 Å². The lowest BCUT2D eigenvalue weighted by Gasteiger charge is -2.43. The van der Waals surface area contributed by atoms with Gasteiger partial charge in [0.1, 0.15) is 11.1 Å². The van der Waals surface area contributed by atoms with Gasteiger partial charge >= 0.3 is 12.1 Å². The highest BCUT2D eigenvalue weighted by atomic mass is 79.9. The Labute approximate surface area is 273 Å². The van der Waals surface area contributed by atoms with Crippen LogP contribution in [0.25, 0.3) is 21.8 Å². The molecular formula is C33H36BrF3N6O3. The molecule has 4 saturated heterocycles. The maximum absolute atomic E-state index is 16.0. The van der Waals surface area contributed by atoms with Crippen LogP contribution in [0.4, 0.5) is 22.8 Å². The second-order valence-electron chi connectivity index (χ2n) is 14.1. The lowest BCUT2D eigenvalue weighted by molar-refractivity contribution is -0.114. The van der Waals surface area contributed by atoms with Crippen LogP contribution in [-0.2, 0) is 11.2 Å². The summed E-state index contributed by atoms with van der Waals surface area (Å²) in [7, 11) is 0. The number of amides is 3. The number of ether oxygens (including phenoxy) is 1. The van der Waals surface area contributed by atoms with Crippen LogP contribution in [0, 0.1) is 30.0 Å². The number of urea groups is 1. The molecule has 3 aromatic rings. The van der Waals surface area contributed by atoms with E-state index in [1.165, 1.54) is 4.90 Å². The lowest BCUT2D eigenvalue weighted by Crippen LogP contribution is -2.61. The van der Waals surface area contributed by atoms with E-state index in [0.29, 0.717) is 49.0 Å². The zero-order valence-corrected chi connectivity index (χ0v) is 27.8. The van der Waals surface area contributed by atoms with E-state index < -0.39 is 42.5 Å². The fourth-order valence-electron chi connectivity index (χ4n) is 7.87. The number of carbonyl (C=O) groups is 2. The number of aryl methyl sites for hydroxylation is 2. The van der Waals surface area contributed by atoms with Crippen molar-refractivity contribution in [2.75, 3.05) is 26.2 Å². The number of likely N-dealkylation sites (tertiary alicyclic amines) is 2. The number of aromatic nitrogens is 2. The van der Waals surface area contributed by atoms with Gasteiger partial charge in [-0.1, -0.05) is 0 Å². The fourth-order valence-corrected chi connectivity index (χ4v) is 8.37. The number of rotatable bonds is 4. The Hall–Kier alpha value is -3.53. The highest BCUT2D eigenvalue weighted by Crippen LogP contribution is 2.54. The molecule has 1 aromatic carbocycles. The number of fused-ring (bicyclic) bond motifs is 4. The minimum atomic E-state index is -2.88. The van der Waals surface area contributed by atoms with Crippen LogP contribution >= 0.6 is 15.9 Å². The van der Waals surface area contributed by atoms with E-state index in [0.717, 1.165) is 23.0 Å². The number of halogens is 4. The number of hydrogen-bond donors (Lipinski definition) is 0. The second-order valence-corrected chi connectivity index (χ2v) is 14.9. The zero-order chi connectivity index (χ0) is 32.9. The quantitative estimate of drug-likeness (QED) is 0.286. The van der Waals surface area contributed by atoms with Crippen molar-refractivity contribution >= 4 is 49.9 Å². The summed E-state index contributed by atoms with van der Waals surface area (Å²) in [4.78, 5) is 36.2. The number of carbonyl (C=O) groups excluding carboxylic acids is 2. The van der Waals surface area contributed by atoms with Crippen molar-refractivity contribution < 1.29 is 27.5 Å². The molecule has 4 aliphatic heterocycles. The first kappa shape index (κ1) is 31.1. The minimum absolute atomic E-state index is 0.105. The third-order valence-corrected chi connectivity index (χ3v) is 10.7. The van der Waals surface area contributed by atoms with Gasteiger partial charge in [-0.3, -0.25) is 0 Å². The van der Waals surface area contributed by atoms with E-state index in [4.69, 9.17) is 4.74 Å². The first-order valence-electron chi connectivity index (χ1n) is 15.8. The zero-order valence-electron chi connectivity index (χ0n) is 26.2. The molecule has 6 heterocycles. The van der Waals surface area contributed by atoms with E-state index in [1.807, 2.05) is 39.8 Å². The molecule has 9 nitrogen and oxygen atoms in total. The van der Waals surface area contributed by atoms with E-state index >= 15 is 4.39 Å². The van der Waals surface area contributed by atoms with Crippen molar-refractivity contribution in [1.29, 1.82) is 5.26 Å². The van der Waals surface area contributed by atoms with Crippen LogP contribution in [0.2, 0.25) is 0 Å². The smallest absolute Gasteiger partial charge is 0.410 e. The molecule has 0 unspecified atom stereocenters. The highest BCUT2D eigenvalue weighted by Gasteiger charge is 2.57. The van der Waals surface area contributed by atoms with Crippen LogP contribution in [0.5, 0.6) is 0 Å². The van der Waals surface area contributed by atoms with Crippen LogP contribution < -0.4 is 0 Å². The van der Waals surface area contributed by atoms with Gasteiger partial charge in [0, 0.05) is 47.6 Å². The SMILES string of the molecule is Cc1nc2c(F)c(Br)c(CCC#N)cc2c2c1cc([C@H]1CCCN1C(=O)N1CC(F)(F)C1)n2[C@H]1[C@@H]2C[C@H]1N(C(=O)OC(C)(C)C)C2. The maximum atomic E-state index is 16.0. The number of alkyl halides is 2. The third kappa shape index (κ3) is 4.90. The monoisotopic (exact) mass is 700 g/mol. The third-order valence-electron chi connectivity index (χ3n) is 9.89. The summed E-state index contributed by atoms with van der Waals surface area (Å²) in [5.74, 6) is -3.28. The average molecular weight is 702 g/mol. The van der Waals surface area contributed by atoms with Gasteiger partial charge < -0.3 is 24.0 Å². The standard InChI is InChI=1S/C33H36BrF3N6O3/c1-17-20-13-23(22-8-6-10-41(22)30(44)40-15-33(36,37)16-40)43(28-19-12-24(28)42(14-19)31(45)46-32(2,3)4)29(20)21-11-18(7-5-9-38)25(34)26(35)27(21)39-17/h11,13,19,22,24,28H,5-8,10,12,14-16H2,1-4H3/t19-,22-,24-,28+/m1/s1. The summed E-state index contributed by atoms with van der Waals surface area (Å²) in [6, 6.07) is 4.91. The van der Waals surface area contributed by atoms with Gasteiger partial charge in [-0.25, -0.2) is 27.7 Å². The lowest BCUT2D eigenvalue weighted by atomic mass is 9.79. The number of benzene rings is 1. The van der Waals surface area contributed by atoms with E-state index in [2.05, 4.69) is 31.6 Å². The molecule has 3 amide bonds. The summed E-state index contributed by atoms with van der Waals surface area (Å²) in [5.41, 5.74) is 2.40. The molecular weight excluding hydrogens is 665 g/mol. The number of nitriles is 1. The summed E-state index contributed by atoms with van der Waals surface area (Å²) in [6.45, 7) is 7.08. The molecule has 244 valence electrons. The van der Waals surface area contributed by atoms with E-state index in [1.54, 1.807) is 9.80 Å². The number of hydrogen-bond acceptors (Lipinski definition) is 5. The van der Waals surface area contributed by atoms with Gasteiger partial charge in [-0.05, 0) is 87.0 Å². The van der Waals surface area contributed by atoms with Crippen molar-refractivity contribution in [3.63, 3.8) is 0 Å². The first-order chi connectivity index (χ1) is 21.7. The molecule has 8 rings (SSSR count). The first-order valence-corrected chi connectivity index (χ1v) is 16.6. The second kappa shape index (κ2) is 10.8. The molecule has 5 fully saturated rings. The molecule has 5 aliphatic rings. The molecule has 1 saturated carbocycles. The Morgan fingerprint density at radius 3 is 2.61 bits per heavy atom. The minimum Gasteiger partial charge on any atom is -0.444 e. The molecule has 13 heteroatoms. The fraction of sp³-hybridized carbons (Fsp3) is 0.576. The van der Waals surface area contributed by atoms with Crippen LogP contribution in [-0.4, -0.2) is 80.1 Å². The van der Waals surface area contributed by atoms with Crippen molar-refractivity contribution in [3.05, 3.63) is 39.4 Å². The Kier molecular flexibility index (Phi) is 7.27. The van der Waals surface area contributed by atoms with Crippen molar-refractivity contribution in [3.8, 4) is 6.07 Å². The van der Waals surface area contributed by atoms with Crippen molar-refractivity contribution in [1.82, 2.24) is 24.3 Å². The summed E-state index contributed by atoms with van der Waals surface area (Å²) in [6.07, 6.45) is 2.32. The number of nitrogens with zero attached hydrogens (tertiary/aromatic N) is 6. The van der Waals surface area contributed by atoms with Crippen molar-refractivity contribution in [2.24, 2.45) is 5.92 Å². The van der Waals surface area contributed by atoms with Crippen molar-refractivity contribution in [2.45, 2.75) is 89.4 Å². The molecule has 2 aromatic heterocycles. The molecule has 4 atom stereocenters. The van der Waals surface area contributed by atoms with Crippen LogP contribution in [0.15, 0.2) is 16.6 Å². The maximum Gasteiger partial charge on any atom is 0.410 e. The topological polar surface area (TPSA) is 94.7 Å². The van der Waals surface area contributed by atoms with Gasteiger partial charge in [0.2, 0.25) is 0 Å². The Morgan fingerprint density at radius 1 is 1.20 bits per heavy atom. The molecule has 1 aliphatic carbocycles. The van der Waals surface area contributed by atoms with Gasteiger partial charge in [0.05, 0.1) is 47.3 Å². The predicted molar refractivity (Wildman–Crippen MR) is 168 cm³/mol. The summed E-state index contributed by atoms with van der Waals surface area (Å²) >= 11 is 3.39. The van der Waals surface area contributed by atoms with Gasteiger partial charge in [0.25, 0.3) is 5.92 Å². The molecule has 0 radical (unpaired) electrons. The Balaban J connectivity index is 1.40. The molecule has 0 spiro atoms. The number of pyridine rings is 1. The highest BCUT2D eigenvalue weighted by molar-refractivity contribution is 9.10. The van der Waals surface area contributed by atoms with Gasteiger partial charge in [-0.15, -0.1) is 0 Å². The summed E-state index contributed by atoms with van der Waals surface area (Å²) in [5, 5.41) is 10.7. The van der Waals surface area contributed by atoms with Crippen LogP contribution in [0.1, 0.15) is 75.5 Å². The molecule has 46 heavy (non-hydrogen) atoms. The van der Waals surface area contributed by atoms with E-state index in [9.17, 15) is 23.6 Å². The largest absolute Gasteiger partial charge is 0.444 e. The molecule has 2 bridgehead atoms. The summed E-state index contributed by atoms with van der Waals surface area (Å²) < 4.78 is 51.7. The van der Waals surface area contributed by atoms with E-state index in [-0.39, 0.29) is 40.5 Å². The average Bonchev–Trinajstić information content (AvgIpc) is 3.75. The van der Waals surface area contributed by atoms with Crippen LogP contribution in [0.3, 0.4) is 0 Å². The molecule has 0 N–H and O–H groups in total. The Morgan fingerprint density at radius 2 is 1.93 bits per heavy atom.